The van der Waals surface area contributed by atoms with Crippen LogP contribution in [0.5, 0.6) is 0 Å². The van der Waals surface area contributed by atoms with Crippen LogP contribution in [0, 0.1) is 5.92 Å². The van der Waals surface area contributed by atoms with Crippen molar-refractivity contribution in [2.45, 2.75) is 18.4 Å². The van der Waals surface area contributed by atoms with E-state index in [1.165, 1.54) is 44.1 Å². The Morgan fingerprint density at radius 1 is 0.530 bits per heavy atom. The molecule has 0 bridgehead atoms. The average molecular weight is 865 g/mol. The maximum atomic E-state index is 16.9. The van der Waals surface area contributed by atoms with Crippen molar-refractivity contribution < 1.29 is 4.57 Å². The lowest BCUT2D eigenvalue weighted by Gasteiger charge is -2.48. The van der Waals surface area contributed by atoms with Gasteiger partial charge < -0.3 is 14.0 Å². The molecule has 3 heterocycles. The normalized spacial score (nSPS) is 20.1. The third-order valence-corrected chi connectivity index (χ3v) is 17.7. The highest BCUT2D eigenvalue weighted by molar-refractivity contribution is 7.85. The predicted molar refractivity (Wildman–Crippen MR) is 276 cm³/mol. The largest absolute Gasteiger partial charge is 0.333 e. The van der Waals surface area contributed by atoms with Crippen LogP contribution in [0.2, 0.25) is 0 Å². The molecule has 1 spiro atoms. The molecule has 4 heteroatoms. The van der Waals surface area contributed by atoms with Gasteiger partial charge in [-0.1, -0.05) is 213 Å². The molecule has 4 unspecified atom stereocenters. The first kappa shape index (κ1) is 38.7. The van der Waals surface area contributed by atoms with Crippen molar-refractivity contribution in [2.24, 2.45) is 5.92 Å². The van der Waals surface area contributed by atoms with Crippen LogP contribution in [0.3, 0.4) is 0 Å². The SMILES string of the molecule is CC1C=C(c2ccccc2)C=CC1N(c1ccc2c(c1)C1(c3ccccc3-n3c4ccccc4c4cccc1c43)c1ccccc1P2(=O)c1ccccc1)c1ccccc1-c1ccccc1. The number of aromatic nitrogens is 1. The molecule has 9 aromatic carbocycles. The summed E-state index contributed by atoms with van der Waals surface area (Å²) in [6, 6.07) is 80.5. The number of fused-ring (bicyclic) bond motifs is 11. The Kier molecular flexibility index (Phi) is 8.76. The Balaban J connectivity index is 1.15. The van der Waals surface area contributed by atoms with Gasteiger partial charge in [0.05, 0.1) is 28.2 Å². The van der Waals surface area contributed by atoms with Gasteiger partial charge in [0.1, 0.15) is 0 Å². The van der Waals surface area contributed by atoms with Crippen molar-refractivity contribution in [1.29, 1.82) is 0 Å². The Morgan fingerprint density at radius 3 is 1.95 bits per heavy atom. The fraction of sp³-hybridized carbons (Fsp3) is 0.0645. The lowest BCUT2D eigenvalue weighted by atomic mass is 9.62. The quantitative estimate of drug-likeness (QED) is 0.156. The van der Waals surface area contributed by atoms with Crippen LogP contribution in [-0.4, -0.2) is 10.6 Å². The first-order valence-electron chi connectivity index (χ1n) is 23.0. The van der Waals surface area contributed by atoms with E-state index in [1.54, 1.807) is 0 Å². The van der Waals surface area contributed by atoms with E-state index in [1.807, 2.05) is 18.2 Å². The summed E-state index contributed by atoms with van der Waals surface area (Å²) in [7, 11) is -3.45. The van der Waals surface area contributed by atoms with Crippen LogP contribution in [0.15, 0.2) is 243 Å². The lowest BCUT2D eigenvalue weighted by Crippen LogP contribution is -2.48. The molecule has 0 saturated carbocycles. The van der Waals surface area contributed by atoms with E-state index < -0.39 is 12.6 Å². The maximum absolute atomic E-state index is 16.9. The molecule has 314 valence electrons. The zero-order chi connectivity index (χ0) is 44.0. The minimum Gasteiger partial charge on any atom is -0.333 e. The molecule has 0 radical (unpaired) electrons. The molecule has 13 rings (SSSR count). The lowest BCUT2D eigenvalue weighted by molar-refractivity contribution is 0.590. The molecule has 10 aromatic rings. The number of nitrogens with zero attached hydrogens (tertiary/aromatic N) is 2. The van der Waals surface area contributed by atoms with Crippen molar-refractivity contribution in [3.63, 3.8) is 0 Å². The Bertz CT molecular complexity index is 3660. The summed E-state index contributed by atoms with van der Waals surface area (Å²) >= 11 is 0. The number of para-hydroxylation sites is 4. The van der Waals surface area contributed by atoms with Crippen LogP contribution in [0.4, 0.5) is 11.4 Å². The van der Waals surface area contributed by atoms with Gasteiger partial charge in [-0.15, -0.1) is 0 Å². The minimum absolute atomic E-state index is 0.0438. The van der Waals surface area contributed by atoms with Gasteiger partial charge in [0.25, 0.3) is 0 Å². The summed E-state index contributed by atoms with van der Waals surface area (Å²) in [5.74, 6) is 0.134. The van der Waals surface area contributed by atoms with E-state index in [4.69, 9.17) is 0 Å². The summed E-state index contributed by atoms with van der Waals surface area (Å²) in [4.78, 5) is 2.55. The van der Waals surface area contributed by atoms with Crippen LogP contribution in [0.25, 0.3) is 44.2 Å². The fourth-order valence-corrected chi connectivity index (χ4v) is 14.9. The average Bonchev–Trinajstić information content (AvgIpc) is 3.73. The molecule has 0 fully saturated rings. The molecule has 66 heavy (non-hydrogen) atoms. The zero-order valence-corrected chi connectivity index (χ0v) is 37.4. The number of allylic oxidation sites excluding steroid dienone is 2. The number of hydrogen-bond acceptors (Lipinski definition) is 2. The summed E-state index contributed by atoms with van der Waals surface area (Å²) in [6.45, 7) is 2.34. The van der Waals surface area contributed by atoms with E-state index >= 15 is 4.57 Å². The van der Waals surface area contributed by atoms with Gasteiger partial charge in [0.2, 0.25) is 0 Å². The second kappa shape index (κ2) is 14.9. The van der Waals surface area contributed by atoms with Gasteiger partial charge in [0, 0.05) is 43.6 Å². The Morgan fingerprint density at radius 2 is 1.15 bits per heavy atom. The predicted octanol–water partition coefficient (Wildman–Crippen LogP) is 13.9. The number of anilines is 2. The van der Waals surface area contributed by atoms with Crippen LogP contribution < -0.4 is 20.8 Å². The van der Waals surface area contributed by atoms with E-state index in [9.17, 15) is 0 Å². The third-order valence-electron chi connectivity index (χ3n) is 14.5. The molecule has 0 saturated heterocycles. The Labute approximate surface area is 385 Å². The van der Waals surface area contributed by atoms with Crippen molar-refractivity contribution in [1.82, 2.24) is 4.57 Å². The standard InChI is InChI=1S/C62H45N2OP/c1-42-40-45(43-20-5-2-6-21-43)36-38-55(42)63(56-32-15-11-26-48(56)44-22-7-3-8-23-44)46-37-39-60-54(41-46)62(52-30-14-18-35-59(52)66(60,65)47-24-9-4-10-25-47)51-29-13-17-34-58(51)64-57-33-16-12-27-49(57)50-28-19-31-53(62)61(50)64/h2-42,55H,1H3. The molecule has 3 nitrogen and oxygen atoms in total. The first-order chi connectivity index (χ1) is 32.6. The van der Waals surface area contributed by atoms with E-state index in [0.29, 0.717) is 0 Å². The summed E-state index contributed by atoms with van der Waals surface area (Å²) < 4.78 is 19.4. The van der Waals surface area contributed by atoms with Crippen molar-refractivity contribution in [3.8, 4) is 16.8 Å². The molecule has 2 aliphatic heterocycles. The monoisotopic (exact) mass is 864 g/mol. The van der Waals surface area contributed by atoms with E-state index in [2.05, 4.69) is 241 Å². The van der Waals surface area contributed by atoms with Gasteiger partial charge in [-0.3, -0.25) is 0 Å². The molecular formula is C62H45N2OP. The van der Waals surface area contributed by atoms with Crippen molar-refractivity contribution >= 4 is 61.8 Å². The van der Waals surface area contributed by atoms with E-state index in [0.717, 1.165) is 55.2 Å². The van der Waals surface area contributed by atoms with Crippen LogP contribution in [0.1, 0.15) is 34.7 Å². The maximum Gasteiger partial charge on any atom is 0.171 e. The highest BCUT2D eigenvalue weighted by atomic mass is 31.2. The van der Waals surface area contributed by atoms with Crippen molar-refractivity contribution in [2.75, 3.05) is 4.90 Å². The van der Waals surface area contributed by atoms with Gasteiger partial charge in [-0.2, -0.15) is 0 Å². The highest BCUT2D eigenvalue weighted by Crippen LogP contribution is 2.61. The summed E-state index contributed by atoms with van der Waals surface area (Å²) in [5, 5.41) is 5.04. The molecule has 0 amide bonds. The third kappa shape index (κ3) is 5.41. The molecule has 1 aliphatic carbocycles. The van der Waals surface area contributed by atoms with Gasteiger partial charge in [-0.25, -0.2) is 0 Å². The molecule has 4 atom stereocenters. The molecule has 1 aromatic heterocycles. The first-order valence-corrected chi connectivity index (χ1v) is 24.7. The molecular weight excluding hydrogens is 820 g/mol. The van der Waals surface area contributed by atoms with Gasteiger partial charge in [-0.05, 0) is 81.3 Å². The van der Waals surface area contributed by atoms with Crippen LogP contribution >= 0.6 is 7.14 Å². The number of rotatable bonds is 6. The summed E-state index contributed by atoms with van der Waals surface area (Å²) in [5.41, 5.74) is 14.1. The Hall–Kier alpha value is -7.71. The fourth-order valence-electron chi connectivity index (χ4n) is 11.8. The minimum atomic E-state index is -3.45. The molecule has 3 aliphatic rings. The number of benzene rings is 9. The van der Waals surface area contributed by atoms with Crippen LogP contribution in [-0.2, 0) is 9.98 Å². The van der Waals surface area contributed by atoms with Crippen molar-refractivity contribution in [3.05, 3.63) is 271 Å². The molecule has 0 N–H and O–H groups in total. The number of hydrogen-bond donors (Lipinski definition) is 0. The second-order valence-electron chi connectivity index (χ2n) is 17.9. The smallest absolute Gasteiger partial charge is 0.171 e. The van der Waals surface area contributed by atoms with Gasteiger partial charge in [0.15, 0.2) is 7.14 Å². The highest BCUT2D eigenvalue weighted by Gasteiger charge is 2.54. The zero-order valence-electron chi connectivity index (χ0n) is 36.5. The summed E-state index contributed by atoms with van der Waals surface area (Å²) in [6.07, 6.45) is 7.12. The second-order valence-corrected chi connectivity index (χ2v) is 20.6. The van der Waals surface area contributed by atoms with E-state index in [-0.39, 0.29) is 12.0 Å². The topological polar surface area (TPSA) is 25.2 Å². The van der Waals surface area contributed by atoms with Gasteiger partial charge >= 0.3 is 0 Å².